The van der Waals surface area contributed by atoms with Crippen LogP contribution in [0.2, 0.25) is 0 Å². The topological polar surface area (TPSA) is 110 Å². The minimum atomic E-state index is -0.00708. The molecule has 4 atom stereocenters. The molecule has 7 heteroatoms. The zero-order valence-electron chi connectivity index (χ0n) is 12.8. The van der Waals surface area contributed by atoms with Gasteiger partial charge in [-0.1, -0.05) is 24.3 Å². The first-order valence-electron chi connectivity index (χ1n) is 8.08. The smallest absolute Gasteiger partial charge is 0.225 e. The van der Waals surface area contributed by atoms with Crippen molar-refractivity contribution in [3.63, 3.8) is 0 Å². The molecule has 4 rings (SSSR count). The van der Waals surface area contributed by atoms with Crippen LogP contribution in [0.5, 0.6) is 0 Å². The first-order valence-corrected chi connectivity index (χ1v) is 8.08. The summed E-state index contributed by atoms with van der Waals surface area (Å²) in [5, 5.41) is 16.9. The second-order valence-corrected chi connectivity index (χ2v) is 6.59. The quantitative estimate of drug-likeness (QED) is 0.775. The third-order valence-electron chi connectivity index (χ3n) is 5.31. The Hall–Kier alpha value is -2.28. The summed E-state index contributed by atoms with van der Waals surface area (Å²) >= 11 is 0. The number of hydrogen-bond acceptors (Lipinski definition) is 5. The molecule has 2 bridgehead atoms. The fraction of sp³-hybridized carbons (Fsp3) is 0.500. The van der Waals surface area contributed by atoms with Gasteiger partial charge in [-0.15, -0.1) is 10.2 Å². The molecule has 0 aliphatic heterocycles. The highest BCUT2D eigenvalue weighted by Crippen LogP contribution is 2.47. The fourth-order valence-corrected chi connectivity index (χ4v) is 4.09. The van der Waals surface area contributed by atoms with Crippen LogP contribution in [0.3, 0.4) is 0 Å². The highest BCUT2D eigenvalue weighted by Gasteiger charge is 2.48. The average molecular weight is 312 g/mol. The predicted octanol–water partition coefficient (Wildman–Crippen LogP) is 0.856. The number of fused-ring (bicyclic) bond motifs is 2. The van der Waals surface area contributed by atoms with Gasteiger partial charge in [0.15, 0.2) is 0 Å². The SMILES string of the molecule is NC1C2CCC(C2)C1C(=O)NCc1ccc(-c2nn[nH]n2)cc1. The number of nitrogens with one attached hydrogen (secondary N) is 2. The zero-order chi connectivity index (χ0) is 15.8. The van der Waals surface area contributed by atoms with Crippen molar-refractivity contribution in [1.82, 2.24) is 25.9 Å². The van der Waals surface area contributed by atoms with Crippen LogP contribution >= 0.6 is 0 Å². The number of amides is 1. The number of tetrazole rings is 1. The van der Waals surface area contributed by atoms with Gasteiger partial charge in [0.1, 0.15) is 0 Å². The van der Waals surface area contributed by atoms with E-state index in [1.165, 1.54) is 6.42 Å². The summed E-state index contributed by atoms with van der Waals surface area (Å²) in [7, 11) is 0. The molecule has 0 radical (unpaired) electrons. The van der Waals surface area contributed by atoms with E-state index in [1.54, 1.807) is 0 Å². The van der Waals surface area contributed by atoms with Gasteiger partial charge in [0.25, 0.3) is 0 Å². The number of aromatic nitrogens is 4. The molecule has 1 heterocycles. The fourth-order valence-electron chi connectivity index (χ4n) is 4.09. The van der Waals surface area contributed by atoms with Crippen LogP contribution in [-0.4, -0.2) is 32.6 Å². The maximum Gasteiger partial charge on any atom is 0.225 e. The van der Waals surface area contributed by atoms with E-state index in [0.717, 1.165) is 24.0 Å². The molecule has 1 aromatic heterocycles. The van der Waals surface area contributed by atoms with Gasteiger partial charge < -0.3 is 11.1 Å². The van der Waals surface area contributed by atoms with Gasteiger partial charge in [-0.25, -0.2) is 0 Å². The largest absolute Gasteiger partial charge is 0.352 e. The van der Waals surface area contributed by atoms with Gasteiger partial charge in [-0.05, 0) is 41.9 Å². The van der Waals surface area contributed by atoms with Gasteiger partial charge in [-0.3, -0.25) is 4.79 Å². The molecule has 1 aromatic carbocycles. The number of nitrogens with zero attached hydrogens (tertiary/aromatic N) is 3. The van der Waals surface area contributed by atoms with Gasteiger partial charge in [-0.2, -0.15) is 5.21 Å². The summed E-state index contributed by atoms with van der Waals surface area (Å²) in [4.78, 5) is 12.4. The lowest BCUT2D eigenvalue weighted by molar-refractivity contribution is -0.127. The number of nitrogens with two attached hydrogens (primary N) is 1. The van der Waals surface area contributed by atoms with Crippen LogP contribution < -0.4 is 11.1 Å². The van der Waals surface area contributed by atoms with Crippen molar-refractivity contribution in [3.05, 3.63) is 29.8 Å². The molecule has 2 aliphatic carbocycles. The molecular formula is C16H20N6O. The molecule has 0 saturated heterocycles. The van der Waals surface area contributed by atoms with E-state index in [2.05, 4.69) is 25.9 Å². The molecule has 23 heavy (non-hydrogen) atoms. The standard InChI is InChI=1S/C16H20N6O/c17-14-12-6-5-11(7-12)13(14)16(23)18-8-9-1-3-10(4-2-9)15-19-21-22-20-15/h1-4,11-14H,5-8,17H2,(H,18,23)(H,19,20,21,22). The molecular weight excluding hydrogens is 292 g/mol. The Kier molecular flexibility index (Phi) is 3.57. The van der Waals surface area contributed by atoms with Crippen molar-refractivity contribution in [2.24, 2.45) is 23.5 Å². The molecule has 7 nitrogen and oxygen atoms in total. The second-order valence-electron chi connectivity index (χ2n) is 6.59. The van der Waals surface area contributed by atoms with E-state index in [-0.39, 0.29) is 17.9 Å². The van der Waals surface area contributed by atoms with Crippen molar-refractivity contribution in [2.45, 2.75) is 31.8 Å². The van der Waals surface area contributed by atoms with Gasteiger partial charge in [0, 0.05) is 18.2 Å². The number of carbonyl (C=O) groups excluding carboxylic acids is 1. The summed E-state index contributed by atoms with van der Waals surface area (Å²) in [6, 6.07) is 7.82. The van der Waals surface area contributed by atoms with Gasteiger partial charge >= 0.3 is 0 Å². The lowest BCUT2D eigenvalue weighted by Gasteiger charge is -2.27. The first-order chi connectivity index (χ1) is 11.2. The predicted molar refractivity (Wildman–Crippen MR) is 83.8 cm³/mol. The summed E-state index contributed by atoms with van der Waals surface area (Å²) in [6.45, 7) is 0.520. The Balaban J connectivity index is 1.37. The number of aromatic amines is 1. The summed E-state index contributed by atoms with van der Waals surface area (Å²) in [5.41, 5.74) is 8.16. The van der Waals surface area contributed by atoms with E-state index >= 15 is 0 Å². The minimum absolute atomic E-state index is 0.00708. The lowest BCUT2D eigenvalue weighted by Crippen LogP contribution is -2.45. The van der Waals surface area contributed by atoms with Crippen molar-refractivity contribution in [3.8, 4) is 11.4 Å². The van der Waals surface area contributed by atoms with Crippen LogP contribution in [-0.2, 0) is 11.3 Å². The minimum Gasteiger partial charge on any atom is -0.352 e. The summed E-state index contributed by atoms with van der Waals surface area (Å²) < 4.78 is 0. The average Bonchev–Trinajstić information content (AvgIpc) is 3.30. The summed E-state index contributed by atoms with van der Waals surface area (Å²) in [5.74, 6) is 1.69. The Morgan fingerprint density at radius 2 is 2.04 bits per heavy atom. The van der Waals surface area contributed by atoms with E-state index in [0.29, 0.717) is 24.2 Å². The van der Waals surface area contributed by atoms with Crippen molar-refractivity contribution >= 4 is 5.91 Å². The highest BCUT2D eigenvalue weighted by molar-refractivity contribution is 5.80. The van der Waals surface area contributed by atoms with E-state index in [4.69, 9.17) is 5.73 Å². The first kappa shape index (κ1) is 14.3. The summed E-state index contributed by atoms with van der Waals surface area (Å²) in [6.07, 6.45) is 3.46. The second kappa shape index (κ2) is 5.73. The Labute approximate surface area is 134 Å². The molecule has 2 aliphatic rings. The molecule has 2 aromatic rings. The molecule has 4 N–H and O–H groups in total. The van der Waals surface area contributed by atoms with Gasteiger partial charge in [0.2, 0.25) is 11.7 Å². The zero-order valence-corrected chi connectivity index (χ0v) is 12.8. The molecule has 4 unspecified atom stereocenters. The molecule has 0 spiro atoms. The van der Waals surface area contributed by atoms with Crippen molar-refractivity contribution < 1.29 is 4.79 Å². The van der Waals surface area contributed by atoms with E-state index < -0.39 is 0 Å². The maximum atomic E-state index is 12.4. The number of rotatable bonds is 4. The van der Waals surface area contributed by atoms with Crippen LogP contribution in [0, 0.1) is 17.8 Å². The number of hydrogen-bond donors (Lipinski definition) is 3. The Bertz CT molecular complexity index is 681. The Morgan fingerprint density at radius 3 is 2.70 bits per heavy atom. The molecule has 2 saturated carbocycles. The molecule has 1 amide bonds. The van der Waals surface area contributed by atoms with E-state index in [9.17, 15) is 4.79 Å². The molecule has 2 fully saturated rings. The normalized spacial score (nSPS) is 28.9. The van der Waals surface area contributed by atoms with Crippen LogP contribution in [0.25, 0.3) is 11.4 Å². The number of H-pyrrole nitrogens is 1. The highest BCUT2D eigenvalue weighted by atomic mass is 16.1. The van der Waals surface area contributed by atoms with Gasteiger partial charge in [0.05, 0.1) is 5.92 Å². The monoisotopic (exact) mass is 312 g/mol. The molecule has 120 valence electrons. The van der Waals surface area contributed by atoms with E-state index in [1.807, 2.05) is 24.3 Å². The number of carbonyl (C=O) groups is 1. The lowest BCUT2D eigenvalue weighted by atomic mass is 9.84. The Morgan fingerprint density at radius 1 is 1.26 bits per heavy atom. The number of benzene rings is 1. The third kappa shape index (κ3) is 2.61. The third-order valence-corrected chi connectivity index (χ3v) is 5.31. The van der Waals surface area contributed by atoms with Crippen molar-refractivity contribution in [1.29, 1.82) is 0 Å². The van der Waals surface area contributed by atoms with Crippen LogP contribution in [0.15, 0.2) is 24.3 Å². The van der Waals surface area contributed by atoms with Crippen LogP contribution in [0.4, 0.5) is 0 Å². The van der Waals surface area contributed by atoms with Crippen molar-refractivity contribution in [2.75, 3.05) is 0 Å². The van der Waals surface area contributed by atoms with Crippen LogP contribution in [0.1, 0.15) is 24.8 Å². The maximum absolute atomic E-state index is 12.4.